The van der Waals surface area contributed by atoms with Crippen LogP contribution in [0.15, 0.2) is 79.1 Å². The van der Waals surface area contributed by atoms with E-state index < -0.39 is 30.0 Å². The molecule has 0 bridgehead atoms. The zero-order chi connectivity index (χ0) is 31.1. The third kappa shape index (κ3) is 5.35. The first-order valence-corrected chi connectivity index (χ1v) is 15.9. The number of aryl methyl sites for hydroxylation is 1. The molecule has 2 aromatic carbocycles. The van der Waals surface area contributed by atoms with E-state index in [4.69, 9.17) is 4.74 Å². The molecule has 0 saturated heterocycles. The minimum atomic E-state index is -3.21. The zero-order valence-electron chi connectivity index (χ0n) is 24.5. The molecule has 2 N–H and O–H groups in total. The molecule has 3 heterocycles. The van der Waals surface area contributed by atoms with Crippen LogP contribution in [0.1, 0.15) is 57.8 Å². The van der Waals surface area contributed by atoms with Gasteiger partial charge >= 0.3 is 6.09 Å². The largest absolute Gasteiger partial charge is 0.449 e. The molecular weight excluding hydrogens is 596 g/mol. The fourth-order valence-electron chi connectivity index (χ4n) is 6.57. The molecule has 5 aromatic rings. The predicted molar refractivity (Wildman–Crippen MR) is 168 cm³/mol. The minimum absolute atomic E-state index is 0.0654. The monoisotopic (exact) mass is 627 g/mol. The van der Waals surface area contributed by atoms with Gasteiger partial charge in [-0.3, -0.25) is 4.79 Å². The van der Waals surface area contributed by atoms with E-state index in [1.54, 1.807) is 29.0 Å². The average molecular weight is 628 g/mol. The van der Waals surface area contributed by atoms with E-state index in [-0.39, 0.29) is 31.8 Å². The lowest BCUT2D eigenvalue weighted by atomic mass is 9.87. The Balaban J connectivity index is 1.06. The molecule has 1 saturated carbocycles. The normalized spacial score (nSPS) is 18.7. The highest BCUT2D eigenvalue weighted by Crippen LogP contribution is 2.44. The smallest absolute Gasteiger partial charge is 0.407 e. The number of hydrogen-bond donors (Lipinski definition) is 2. The lowest BCUT2D eigenvalue weighted by Gasteiger charge is -2.38. The van der Waals surface area contributed by atoms with Gasteiger partial charge in [-0.15, -0.1) is 11.3 Å². The minimum Gasteiger partial charge on any atom is -0.449 e. The second-order valence-corrected chi connectivity index (χ2v) is 12.6. The number of nitrogens with one attached hydrogen (secondary N) is 2. The third-order valence-corrected chi connectivity index (χ3v) is 10.0. The molecule has 2 atom stereocenters. The van der Waals surface area contributed by atoms with Gasteiger partial charge in [-0.05, 0) is 59.7 Å². The Labute approximate surface area is 262 Å². The highest BCUT2D eigenvalue weighted by molar-refractivity contribution is 7.14. The topological polar surface area (TPSA) is 97.6 Å². The summed E-state index contributed by atoms with van der Waals surface area (Å²) < 4.78 is 38.0. The van der Waals surface area contributed by atoms with Crippen molar-refractivity contribution in [1.82, 2.24) is 25.2 Å². The number of aromatic nitrogens is 3. The van der Waals surface area contributed by atoms with Crippen molar-refractivity contribution >= 4 is 29.0 Å². The maximum Gasteiger partial charge on any atom is 0.407 e. The Morgan fingerprint density at radius 3 is 2.49 bits per heavy atom. The van der Waals surface area contributed by atoms with Crippen molar-refractivity contribution in [3.05, 3.63) is 100 Å². The van der Waals surface area contributed by atoms with Gasteiger partial charge in [-0.25, -0.2) is 23.1 Å². The van der Waals surface area contributed by atoms with E-state index >= 15 is 8.78 Å². The number of alkyl carbamates (subject to hydrolysis) is 1. The number of amides is 2. The van der Waals surface area contributed by atoms with Crippen LogP contribution in [-0.2, 0) is 11.2 Å². The van der Waals surface area contributed by atoms with Gasteiger partial charge in [0.2, 0.25) is 0 Å². The number of carbonyl (C=O) groups excluding carboxylic acids is 2. The number of imidazole rings is 1. The molecule has 2 aliphatic carbocycles. The second kappa shape index (κ2) is 11.7. The van der Waals surface area contributed by atoms with E-state index in [1.165, 1.54) is 11.3 Å². The molecule has 45 heavy (non-hydrogen) atoms. The third-order valence-electron chi connectivity index (χ3n) is 8.72. The van der Waals surface area contributed by atoms with E-state index in [0.717, 1.165) is 38.4 Å². The molecule has 0 radical (unpaired) electrons. The Kier molecular flexibility index (Phi) is 7.56. The molecule has 2 amide bonds. The Morgan fingerprint density at radius 2 is 1.76 bits per heavy atom. The number of benzene rings is 2. The second-order valence-electron chi connectivity index (χ2n) is 11.4. The number of nitrogens with zero attached hydrogens (tertiary/aromatic N) is 3. The predicted octanol–water partition coefficient (Wildman–Crippen LogP) is 6.85. The Morgan fingerprint density at radius 1 is 1.02 bits per heavy atom. The molecule has 8 nitrogen and oxygen atoms in total. The van der Waals surface area contributed by atoms with Crippen LogP contribution in [0.3, 0.4) is 0 Å². The van der Waals surface area contributed by atoms with Crippen molar-refractivity contribution in [1.29, 1.82) is 0 Å². The summed E-state index contributed by atoms with van der Waals surface area (Å²) in [6, 6.07) is 18.7. The number of rotatable bonds is 7. The molecule has 230 valence electrons. The lowest BCUT2D eigenvalue weighted by molar-refractivity contribution is -0.0715. The molecule has 3 aromatic heterocycles. The van der Waals surface area contributed by atoms with Gasteiger partial charge in [0, 0.05) is 29.0 Å². The molecule has 2 aliphatic rings. The molecule has 7 rings (SSSR count). The summed E-state index contributed by atoms with van der Waals surface area (Å²) in [4.78, 5) is 32.1. The number of fused-ring (bicyclic) bond motifs is 4. The Hall–Kier alpha value is -4.64. The van der Waals surface area contributed by atoms with Crippen LogP contribution >= 0.6 is 11.3 Å². The summed E-state index contributed by atoms with van der Waals surface area (Å²) in [7, 11) is 0. The summed E-state index contributed by atoms with van der Waals surface area (Å²) in [5, 5.41) is 9.58. The maximum atomic E-state index is 15.3. The van der Waals surface area contributed by atoms with Gasteiger partial charge in [0.05, 0.1) is 22.8 Å². The van der Waals surface area contributed by atoms with Crippen LogP contribution < -0.4 is 10.6 Å². The quantitative estimate of drug-likeness (QED) is 0.206. The highest BCUT2D eigenvalue weighted by Gasteiger charge is 2.48. The van der Waals surface area contributed by atoms with Gasteiger partial charge < -0.3 is 15.4 Å². The van der Waals surface area contributed by atoms with Crippen LogP contribution in [-0.4, -0.2) is 51.2 Å². The maximum absolute atomic E-state index is 15.3. The van der Waals surface area contributed by atoms with Crippen LogP contribution in [0.2, 0.25) is 0 Å². The van der Waals surface area contributed by atoms with Crippen LogP contribution in [0.25, 0.3) is 28.0 Å². The fourth-order valence-corrected chi connectivity index (χ4v) is 7.58. The lowest BCUT2D eigenvalue weighted by Crippen LogP contribution is -2.62. The molecule has 0 unspecified atom stereocenters. The van der Waals surface area contributed by atoms with Gasteiger partial charge in [-0.2, -0.15) is 5.10 Å². The summed E-state index contributed by atoms with van der Waals surface area (Å²) in [6.45, 7) is 2.03. The summed E-state index contributed by atoms with van der Waals surface area (Å²) in [5.74, 6) is -3.99. The molecule has 11 heteroatoms. The first-order valence-electron chi connectivity index (χ1n) is 15.1. The van der Waals surface area contributed by atoms with Gasteiger partial charge in [-0.1, -0.05) is 55.5 Å². The molecule has 1 fully saturated rings. The summed E-state index contributed by atoms with van der Waals surface area (Å²) >= 11 is 1.25. The number of carbonyl (C=O) groups is 2. The van der Waals surface area contributed by atoms with Crippen molar-refractivity contribution in [2.45, 2.75) is 56.5 Å². The zero-order valence-corrected chi connectivity index (χ0v) is 25.3. The van der Waals surface area contributed by atoms with Gasteiger partial charge in [0.15, 0.2) is 5.65 Å². The van der Waals surface area contributed by atoms with Crippen molar-refractivity contribution < 1.29 is 23.1 Å². The van der Waals surface area contributed by atoms with Gasteiger partial charge in [0.1, 0.15) is 12.6 Å². The van der Waals surface area contributed by atoms with Gasteiger partial charge in [0.25, 0.3) is 11.8 Å². The van der Waals surface area contributed by atoms with Crippen molar-refractivity contribution in [2.75, 3.05) is 6.61 Å². The number of thiophene rings is 1. The first-order chi connectivity index (χ1) is 21.8. The van der Waals surface area contributed by atoms with E-state index in [2.05, 4.69) is 20.7 Å². The highest BCUT2D eigenvalue weighted by atomic mass is 32.1. The van der Waals surface area contributed by atoms with E-state index in [9.17, 15) is 9.59 Å². The van der Waals surface area contributed by atoms with Crippen LogP contribution in [0.4, 0.5) is 13.6 Å². The average Bonchev–Trinajstić information content (AvgIpc) is 3.75. The van der Waals surface area contributed by atoms with Crippen molar-refractivity contribution in [3.63, 3.8) is 0 Å². The standard InChI is InChI=1S/C34H31F2N5O3S/c1-2-28-24(27-18-37-30-14-8-16-38-41(27)30)17-29(45-28)32(42)40-31-26(13-7-15-34(31,35)36)39-33(43)44-19-25-22-11-5-3-9-20(22)21-10-4-6-12-23(21)25/h3-6,8-12,14,16-18,25-26,31H,2,7,13,15,19H2,1H3,(H,39,43)(H,40,42)/t26-,31+/m0/s1. The fraction of sp³-hybridized carbons (Fsp3) is 0.294. The summed E-state index contributed by atoms with van der Waals surface area (Å²) in [5.41, 5.74) is 6.47. The number of alkyl halides is 2. The molecule has 0 spiro atoms. The molecular formula is C34H31F2N5O3S. The Bertz CT molecular complexity index is 1860. The van der Waals surface area contributed by atoms with Crippen LogP contribution in [0, 0.1) is 0 Å². The van der Waals surface area contributed by atoms with E-state index in [0.29, 0.717) is 16.9 Å². The summed E-state index contributed by atoms with van der Waals surface area (Å²) in [6.07, 6.45) is 3.30. The number of halogens is 2. The number of ether oxygens (including phenoxy) is 1. The number of hydrogen-bond acceptors (Lipinski definition) is 6. The first kappa shape index (κ1) is 29.1. The molecule has 0 aliphatic heterocycles. The van der Waals surface area contributed by atoms with Crippen LogP contribution in [0.5, 0.6) is 0 Å². The SMILES string of the molecule is CCc1sc(C(=O)N[C@@H]2[C@@H](NC(=O)OCC3c4ccccc4-c4ccccc43)CCCC2(F)F)cc1-c1cnc2cccnn12. The van der Waals surface area contributed by atoms with E-state index in [1.807, 2.05) is 61.5 Å². The van der Waals surface area contributed by atoms with Crippen molar-refractivity contribution in [2.24, 2.45) is 0 Å². The van der Waals surface area contributed by atoms with Crippen molar-refractivity contribution in [3.8, 4) is 22.4 Å².